The number of hydrogen-bond donors (Lipinski definition) is 0. The molecule has 0 saturated carbocycles. The van der Waals surface area contributed by atoms with Crippen LogP contribution in [0.1, 0.15) is 0 Å². The first-order valence-electron chi connectivity index (χ1n) is 27.0. The molecule has 3 heteroatoms. The monoisotopic (exact) mass is 1020 g/mol. The lowest BCUT2D eigenvalue weighted by Crippen LogP contribution is -1.91. The molecule has 3 aromatic heterocycles. The third-order valence-electron chi connectivity index (χ3n) is 16.6. The molecule has 0 aliphatic rings. The molecule has 3 heterocycles. The zero-order chi connectivity index (χ0) is 51.7. The lowest BCUT2D eigenvalue weighted by Gasteiger charge is -2.18. The predicted octanol–water partition coefficient (Wildman–Crippen LogP) is 22.5. The first kappa shape index (κ1) is 44.1. The third-order valence-corrected chi connectivity index (χ3v) is 17.8. The van der Waals surface area contributed by atoms with Crippen molar-refractivity contribution < 1.29 is 8.83 Å². The molecule has 0 amide bonds. The molecule has 0 aliphatic heterocycles. The highest BCUT2D eigenvalue weighted by atomic mass is 32.1. The van der Waals surface area contributed by atoms with Crippen molar-refractivity contribution in [1.82, 2.24) is 0 Å². The summed E-state index contributed by atoms with van der Waals surface area (Å²) >= 11 is 1.87. The smallest absolute Gasteiger partial charge is 0.136 e. The fourth-order valence-corrected chi connectivity index (χ4v) is 14.2. The maximum absolute atomic E-state index is 6.86. The van der Waals surface area contributed by atoms with Gasteiger partial charge in [0, 0.05) is 41.7 Å². The van der Waals surface area contributed by atoms with Gasteiger partial charge in [-0.3, -0.25) is 0 Å². The summed E-state index contributed by atoms with van der Waals surface area (Å²) in [7, 11) is 0. The SMILES string of the molecule is c1ccc(-c2ccc3oc4ccc(-c5c6ccccc6c(-c6cccc7oc8ccc(-c9c%10ccccc%10c(-c%10ccc%11sc%12ccc(-c%13ccccc%13)cc%12c%11c%10)c%10ccccc9%10)cc8c67)c6ccccc56)cc4c3c2)cc1. The van der Waals surface area contributed by atoms with E-state index in [1.165, 1.54) is 113 Å². The highest BCUT2D eigenvalue weighted by Gasteiger charge is 2.23. The molecule has 0 N–H and O–H groups in total. The minimum absolute atomic E-state index is 0.865. The van der Waals surface area contributed by atoms with Crippen LogP contribution in [0.3, 0.4) is 0 Å². The highest BCUT2D eigenvalue weighted by molar-refractivity contribution is 7.25. The van der Waals surface area contributed by atoms with Gasteiger partial charge in [0.15, 0.2) is 0 Å². The Morgan fingerprint density at radius 2 is 0.544 bits per heavy atom. The second-order valence-corrected chi connectivity index (χ2v) is 22.0. The van der Waals surface area contributed by atoms with Crippen LogP contribution in [0.15, 0.2) is 276 Å². The van der Waals surface area contributed by atoms with E-state index in [2.05, 4.69) is 267 Å². The Morgan fingerprint density at radius 1 is 0.203 bits per heavy atom. The Labute approximate surface area is 458 Å². The molecule has 79 heavy (non-hydrogen) atoms. The largest absolute Gasteiger partial charge is 0.456 e. The summed E-state index contributed by atoms with van der Waals surface area (Å²) < 4.78 is 15.9. The predicted molar refractivity (Wildman–Crippen MR) is 337 cm³/mol. The fraction of sp³-hybridized carbons (Fsp3) is 0. The van der Waals surface area contributed by atoms with Crippen LogP contribution in [0.2, 0.25) is 0 Å². The lowest BCUT2D eigenvalue weighted by atomic mass is 9.84. The maximum atomic E-state index is 6.86. The molecular formula is C76H44O2S. The van der Waals surface area contributed by atoms with Crippen molar-refractivity contribution in [3.8, 4) is 66.8 Å². The second-order valence-electron chi connectivity index (χ2n) is 21.0. The van der Waals surface area contributed by atoms with Crippen molar-refractivity contribution in [2.24, 2.45) is 0 Å². The van der Waals surface area contributed by atoms with E-state index < -0.39 is 0 Å². The normalized spacial score (nSPS) is 12.1. The van der Waals surface area contributed by atoms with E-state index in [9.17, 15) is 0 Å². The molecular weight excluding hydrogens is 977 g/mol. The Hall–Kier alpha value is -10.1. The molecule has 0 unspecified atom stereocenters. The number of furan rings is 2. The summed E-state index contributed by atoms with van der Waals surface area (Å²) in [5.41, 5.74) is 17.9. The zero-order valence-electron chi connectivity index (χ0n) is 42.6. The van der Waals surface area contributed by atoms with Gasteiger partial charge in [-0.25, -0.2) is 0 Å². The van der Waals surface area contributed by atoms with Gasteiger partial charge in [-0.15, -0.1) is 11.3 Å². The topological polar surface area (TPSA) is 26.3 Å². The molecule has 0 bridgehead atoms. The molecule has 0 saturated heterocycles. The summed E-state index contributed by atoms with van der Waals surface area (Å²) in [6, 6.07) is 97.8. The van der Waals surface area contributed by atoms with Gasteiger partial charge in [0.1, 0.15) is 22.3 Å². The summed E-state index contributed by atoms with van der Waals surface area (Å²) in [6.45, 7) is 0. The van der Waals surface area contributed by atoms with Crippen molar-refractivity contribution in [3.63, 3.8) is 0 Å². The first-order valence-corrected chi connectivity index (χ1v) is 27.9. The van der Waals surface area contributed by atoms with Gasteiger partial charge < -0.3 is 8.83 Å². The number of benzene rings is 14. The van der Waals surface area contributed by atoms with Gasteiger partial charge in [-0.2, -0.15) is 0 Å². The average Bonchev–Trinajstić information content (AvgIpc) is 4.41. The van der Waals surface area contributed by atoms with E-state index in [0.29, 0.717) is 0 Å². The van der Waals surface area contributed by atoms with E-state index >= 15 is 0 Å². The van der Waals surface area contributed by atoms with Crippen molar-refractivity contribution in [2.75, 3.05) is 0 Å². The number of rotatable bonds is 6. The quantitative estimate of drug-likeness (QED) is 0.155. The van der Waals surface area contributed by atoms with Crippen molar-refractivity contribution >= 4 is 118 Å². The van der Waals surface area contributed by atoms with Crippen molar-refractivity contribution in [3.05, 3.63) is 267 Å². The van der Waals surface area contributed by atoms with E-state index in [1.54, 1.807) is 0 Å². The molecule has 0 atom stereocenters. The van der Waals surface area contributed by atoms with Gasteiger partial charge in [0.25, 0.3) is 0 Å². The van der Waals surface area contributed by atoms with Gasteiger partial charge in [0.05, 0.1) is 0 Å². The molecule has 17 rings (SSSR count). The van der Waals surface area contributed by atoms with Gasteiger partial charge in [0.2, 0.25) is 0 Å². The third kappa shape index (κ3) is 6.77. The zero-order valence-corrected chi connectivity index (χ0v) is 43.4. The average molecular weight is 1020 g/mol. The fourth-order valence-electron chi connectivity index (χ4n) is 13.2. The molecule has 14 aromatic carbocycles. The van der Waals surface area contributed by atoms with E-state index in [-0.39, 0.29) is 0 Å². The van der Waals surface area contributed by atoms with Gasteiger partial charge in [-0.05, 0) is 177 Å². The standard InChI is InChI=1S/C76H44O2S/c1-3-16-45(17-4-1)47-30-35-66-61(40-47)62-42-49(31-36-67(62)77-66)72-56-24-11-13-26-58(56)75(59-27-14-12-25-57(59)72)60-28-15-29-69-76(60)65-44-50(32-37-68(65)78-69)73-52-20-7-9-22-54(52)74(55-23-10-8-21-53(55)73)51-34-39-71-64(43-51)63-41-48(33-38-70(63)79-71)46-18-5-2-6-19-46/h1-44H. The van der Waals surface area contributed by atoms with Crippen LogP contribution in [-0.4, -0.2) is 0 Å². The first-order chi connectivity index (χ1) is 39.2. The Bertz CT molecular complexity index is 5250. The van der Waals surface area contributed by atoms with E-state index in [4.69, 9.17) is 8.83 Å². The summed E-state index contributed by atoms with van der Waals surface area (Å²) in [4.78, 5) is 0. The van der Waals surface area contributed by atoms with Gasteiger partial charge in [-0.1, -0.05) is 200 Å². The minimum atomic E-state index is 0.865. The molecule has 0 fully saturated rings. The molecule has 0 aliphatic carbocycles. The van der Waals surface area contributed by atoms with E-state index in [1.807, 2.05) is 11.3 Å². The summed E-state index contributed by atoms with van der Waals surface area (Å²) in [5.74, 6) is 0. The Kier molecular flexibility index (Phi) is 9.62. The Balaban J connectivity index is 0.850. The Morgan fingerprint density at radius 3 is 1.03 bits per heavy atom. The molecule has 0 spiro atoms. The minimum Gasteiger partial charge on any atom is -0.456 e. The number of thiophene rings is 1. The number of hydrogen-bond acceptors (Lipinski definition) is 3. The van der Waals surface area contributed by atoms with Crippen molar-refractivity contribution in [2.45, 2.75) is 0 Å². The summed E-state index contributed by atoms with van der Waals surface area (Å²) in [5, 5.41) is 16.7. The molecule has 2 nitrogen and oxygen atoms in total. The summed E-state index contributed by atoms with van der Waals surface area (Å²) in [6.07, 6.45) is 0. The van der Waals surface area contributed by atoms with Crippen LogP contribution in [0.5, 0.6) is 0 Å². The van der Waals surface area contributed by atoms with E-state index in [0.717, 1.165) is 60.6 Å². The maximum Gasteiger partial charge on any atom is 0.136 e. The van der Waals surface area contributed by atoms with Gasteiger partial charge >= 0.3 is 0 Å². The highest BCUT2D eigenvalue weighted by Crippen LogP contribution is 2.50. The van der Waals surface area contributed by atoms with Crippen LogP contribution in [0, 0.1) is 0 Å². The lowest BCUT2D eigenvalue weighted by molar-refractivity contribution is 0.668. The molecule has 17 aromatic rings. The molecule has 366 valence electrons. The van der Waals surface area contributed by atoms with Crippen LogP contribution in [0.4, 0.5) is 0 Å². The number of fused-ring (bicyclic) bond motifs is 13. The van der Waals surface area contributed by atoms with Crippen LogP contribution in [-0.2, 0) is 0 Å². The van der Waals surface area contributed by atoms with Crippen molar-refractivity contribution in [1.29, 1.82) is 0 Å². The van der Waals surface area contributed by atoms with Crippen LogP contribution >= 0.6 is 11.3 Å². The molecule has 0 radical (unpaired) electrons. The second kappa shape index (κ2) is 17.2. The van der Waals surface area contributed by atoms with Crippen LogP contribution < -0.4 is 0 Å². The van der Waals surface area contributed by atoms with Crippen LogP contribution in [0.25, 0.3) is 174 Å².